The number of unbranched alkanes of at least 4 members (excludes halogenated alkanes) is 1. The zero-order valence-electron chi connectivity index (χ0n) is 8.74. The second-order valence-corrected chi connectivity index (χ2v) is 20.3. The smallest absolute Gasteiger partial charge is 0.0857 e. The first kappa shape index (κ1) is 16.3. The van der Waals surface area contributed by atoms with Crippen LogP contribution in [0.5, 0.6) is 0 Å². The van der Waals surface area contributed by atoms with E-state index in [1.165, 1.54) is 0 Å². The largest absolute Gasteiger partial charge is 0.620 e. The summed E-state index contributed by atoms with van der Waals surface area (Å²) < 4.78 is 11.3. The molecule has 0 aromatic heterocycles. The maximum atomic E-state index is 8.06. The first-order valence-electron chi connectivity index (χ1n) is 4.41. The van der Waals surface area contributed by atoms with Gasteiger partial charge >= 0.3 is 81.0 Å². The number of hydrogen-bond acceptors (Lipinski definition) is 1. The van der Waals surface area contributed by atoms with Gasteiger partial charge in [-0.15, -0.1) is 0 Å². The normalized spacial score (nSPS) is 10.0. The fourth-order valence-corrected chi connectivity index (χ4v) is 6.42. The van der Waals surface area contributed by atoms with Crippen molar-refractivity contribution in [3.63, 3.8) is 0 Å². The van der Waals surface area contributed by atoms with Crippen LogP contribution in [-0.2, 0) is 12.9 Å². The van der Waals surface area contributed by atoms with Gasteiger partial charge in [-0.1, -0.05) is 12.9 Å². The van der Waals surface area contributed by atoms with Crippen molar-refractivity contribution in [3.05, 3.63) is 0 Å². The molecule has 0 aliphatic heterocycles. The SMILES string of the molecule is [CH3][Sn]([CH3])[CH2]CC[CH2][Sn]([CH3])[CH3].[O-][SH2+]. The van der Waals surface area contributed by atoms with Crippen LogP contribution in [0.2, 0.25) is 28.6 Å². The molecule has 0 amide bonds. The molecule has 0 aliphatic rings. The molecule has 0 rings (SSSR count). The van der Waals surface area contributed by atoms with Gasteiger partial charge in [0.2, 0.25) is 0 Å². The predicted molar refractivity (Wildman–Crippen MR) is 64.7 cm³/mol. The molecule has 12 heavy (non-hydrogen) atoms. The van der Waals surface area contributed by atoms with Crippen molar-refractivity contribution < 1.29 is 4.55 Å². The molecule has 0 saturated carbocycles. The van der Waals surface area contributed by atoms with Crippen molar-refractivity contribution in [2.75, 3.05) is 0 Å². The second kappa shape index (κ2) is 12.9. The fraction of sp³-hybridized carbons (Fsp3) is 1.00. The molecule has 0 N–H and O–H groups in total. The minimum atomic E-state index is -0.681. The Morgan fingerprint density at radius 2 is 1.08 bits per heavy atom. The van der Waals surface area contributed by atoms with Crippen molar-refractivity contribution in [2.24, 2.45) is 0 Å². The van der Waals surface area contributed by atoms with Crippen molar-refractivity contribution in [1.82, 2.24) is 0 Å². The summed E-state index contributed by atoms with van der Waals surface area (Å²) >= 11 is 0.360. The fourth-order valence-electron chi connectivity index (χ4n) is 0.957. The van der Waals surface area contributed by atoms with E-state index in [0.29, 0.717) is 0 Å². The summed E-state index contributed by atoms with van der Waals surface area (Å²) in [4.78, 5) is 10.1. The summed E-state index contributed by atoms with van der Waals surface area (Å²) in [6, 6.07) is 0. The third-order valence-corrected chi connectivity index (χ3v) is 9.33. The Morgan fingerprint density at radius 1 is 0.833 bits per heavy atom. The van der Waals surface area contributed by atoms with Gasteiger partial charge in [0.05, 0.1) is 0 Å². The van der Waals surface area contributed by atoms with Crippen LogP contribution in [0, 0.1) is 0 Å². The van der Waals surface area contributed by atoms with E-state index < -0.39 is 39.5 Å². The van der Waals surface area contributed by atoms with Gasteiger partial charge < -0.3 is 4.55 Å². The molecule has 0 aromatic rings. The minimum absolute atomic E-state index is 0.681. The van der Waals surface area contributed by atoms with Gasteiger partial charge in [0, 0.05) is 0 Å². The van der Waals surface area contributed by atoms with Crippen LogP contribution in [0.15, 0.2) is 0 Å². The monoisotopic (exact) mass is 406 g/mol. The average Bonchev–Trinajstić information content (AvgIpc) is 2.02. The van der Waals surface area contributed by atoms with Gasteiger partial charge in [0.1, 0.15) is 0 Å². The van der Waals surface area contributed by atoms with Crippen molar-refractivity contribution in [3.8, 4) is 0 Å². The van der Waals surface area contributed by atoms with E-state index in [2.05, 4.69) is 19.8 Å². The van der Waals surface area contributed by atoms with Gasteiger partial charge in [0.25, 0.3) is 0 Å². The Balaban J connectivity index is 0. The van der Waals surface area contributed by atoms with E-state index in [9.17, 15) is 0 Å². The first-order valence-corrected chi connectivity index (χ1v) is 20.3. The molecule has 0 fully saturated rings. The minimum Gasteiger partial charge on any atom is -0.620 e. The quantitative estimate of drug-likeness (QED) is 0.393. The van der Waals surface area contributed by atoms with Crippen LogP contribution in [0.3, 0.4) is 0 Å². The zero-order valence-corrected chi connectivity index (χ0v) is 15.4. The van der Waals surface area contributed by atoms with E-state index >= 15 is 0 Å². The molecule has 0 unspecified atom stereocenters. The second-order valence-electron chi connectivity index (χ2n) is 3.62. The molecule has 0 bridgehead atoms. The Labute approximate surface area is 97.4 Å². The van der Waals surface area contributed by atoms with Crippen molar-refractivity contribution in [1.29, 1.82) is 0 Å². The van der Waals surface area contributed by atoms with Gasteiger partial charge in [-0.25, -0.2) is 0 Å². The van der Waals surface area contributed by atoms with Gasteiger partial charge in [-0.3, -0.25) is 0 Å². The topological polar surface area (TPSA) is 23.1 Å². The summed E-state index contributed by atoms with van der Waals surface area (Å²) in [5.41, 5.74) is 0. The summed E-state index contributed by atoms with van der Waals surface area (Å²) in [5, 5.41) is 0. The summed E-state index contributed by atoms with van der Waals surface area (Å²) in [7, 11) is 0. The predicted octanol–water partition coefficient (Wildman–Crippen LogP) is 2.40. The van der Waals surface area contributed by atoms with Gasteiger partial charge in [-0.05, 0) is 0 Å². The van der Waals surface area contributed by atoms with Crippen LogP contribution in [0.1, 0.15) is 12.8 Å². The Hall–Kier alpha value is 1.91. The van der Waals surface area contributed by atoms with Crippen LogP contribution in [0.4, 0.5) is 0 Å². The molecule has 74 valence electrons. The van der Waals surface area contributed by atoms with E-state index in [1.807, 2.05) is 0 Å². The van der Waals surface area contributed by atoms with Crippen molar-refractivity contribution in [2.45, 2.75) is 41.5 Å². The maximum absolute atomic E-state index is 8.06. The first-order chi connectivity index (χ1) is 5.63. The maximum Gasteiger partial charge on any atom is -0.0857 e. The van der Waals surface area contributed by atoms with Crippen LogP contribution >= 0.6 is 0 Å². The Kier molecular flexibility index (Phi) is 17.6. The van der Waals surface area contributed by atoms with E-state index in [4.69, 9.17) is 4.55 Å². The molecule has 0 heterocycles. The summed E-state index contributed by atoms with van der Waals surface area (Å²) in [6.45, 7) is 0. The van der Waals surface area contributed by atoms with Gasteiger partial charge in [0.15, 0.2) is 0 Å². The van der Waals surface area contributed by atoms with Crippen LogP contribution < -0.4 is 0 Å². The molecule has 0 saturated heterocycles. The molecule has 0 spiro atoms. The molecule has 1 nitrogen and oxygen atoms in total. The van der Waals surface area contributed by atoms with Gasteiger partial charge in [-0.2, -0.15) is 0 Å². The molecule has 2 radical (unpaired) electrons. The number of hydrogen-bond donors (Lipinski definition) is 0. The Morgan fingerprint density at radius 3 is 1.25 bits per heavy atom. The number of rotatable bonds is 5. The van der Waals surface area contributed by atoms with E-state index in [1.54, 1.807) is 34.6 Å². The third kappa shape index (κ3) is 17.9. The average molecular weight is 404 g/mol. The van der Waals surface area contributed by atoms with E-state index in [-0.39, 0.29) is 0 Å². The molecular weight excluding hydrogens is 382 g/mol. The zero-order chi connectivity index (χ0) is 9.98. The summed E-state index contributed by atoms with van der Waals surface area (Å²) in [5.74, 6) is 0. The molecule has 0 aliphatic carbocycles. The van der Waals surface area contributed by atoms with Crippen LogP contribution in [0.25, 0.3) is 0 Å². The standard InChI is InChI=1S/C4H8.4CH3.H2OS.2Sn/c1-3-4-2;;;;;1-2;;/h1-4H2;4*1H3;2H2;;. The molecular formula is C8H22OSSn2. The molecule has 0 aromatic carbocycles. The van der Waals surface area contributed by atoms with Crippen molar-refractivity contribution >= 4 is 52.4 Å². The molecule has 4 heteroatoms. The third-order valence-electron chi connectivity index (χ3n) is 1.60. The molecule has 0 atom stereocenters. The van der Waals surface area contributed by atoms with Crippen LogP contribution in [-0.4, -0.2) is 44.1 Å². The summed E-state index contributed by atoms with van der Waals surface area (Å²) in [6.07, 6.45) is 3.13. The Bertz CT molecular complexity index is 69.5. The van der Waals surface area contributed by atoms with E-state index in [0.717, 1.165) is 0 Å².